The second kappa shape index (κ2) is 6.72. The van der Waals surface area contributed by atoms with E-state index in [4.69, 9.17) is 5.73 Å². The molecule has 3 heteroatoms. The number of nitrogens with two attached hydrogens (primary N) is 1. The molecule has 1 aliphatic rings. The molecular weight excluding hydrogens is 210 g/mol. The first kappa shape index (κ1) is 14.9. The molecule has 1 heterocycles. The topological polar surface area (TPSA) is 32.5 Å². The van der Waals surface area contributed by atoms with Crippen LogP contribution >= 0.6 is 0 Å². The van der Waals surface area contributed by atoms with Crippen LogP contribution in [0.5, 0.6) is 0 Å². The Morgan fingerprint density at radius 2 is 2.12 bits per heavy atom. The minimum atomic E-state index is 0.314. The third-order valence-electron chi connectivity index (χ3n) is 4.00. The molecule has 1 fully saturated rings. The van der Waals surface area contributed by atoms with Gasteiger partial charge in [0, 0.05) is 13.1 Å². The molecule has 17 heavy (non-hydrogen) atoms. The molecule has 1 unspecified atom stereocenters. The summed E-state index contributed by atoms with van der Waals surface area (Å²) >= 11 is 0. The van der Waals surface area contributed by atoms with Gasteiger partial charge in [0.15, 0.2) is 0 Å². The molecule has 102 valence electrons. The van der Waals surface area contributed by atoms with Gasteiger partial charge in [-0.2, -0.15) is 0 Å². The highest BCUT2D eigenvalue weighted by atomic mass is 15.1. The Labute approximate surface area is 107 Å². The zero-order valence-electron chi connectivity index (χ0n) is 12.2. The first-order valence-corrected chi connectivity index (χ1v) is 7.00. The zero-order valence-corrected chi connectivity index (χ0v) is 12.2. The van der Waals surface area contributed by atoms with Gasteiger partial charge in [-0.05, 0) is 64.3 Å². The normalized spacial score (nSPS) is 22.6. The molecule has 0 aromatic carbocycles. The van der Waals surface area contributed by atoms with Crippen molar-refractivity contribution < 1.29 is 0 Å². The van der Waals surface area contributed by atoms with Crippen LogP contribution in [0.1, 0.15) is 33.1 Å². The minimum absolute atomic E-state index is 0.314. The number of likely N-dealkylation sites (tertiary alicyclic amines) is 1. The Morgan fingerprint density at radius 1 is 1.41 bits per heavy atom. The Kier molecular flexibility index (Phi) is 5.90. The largest absolute Gasteiger partial charge is 0.330 e. The van der Waals surface area contributed by atoms with Crippen LogP contribution in [-0.4, -0.2) is 56.6 Å². The highest BCUT2D eigenvalue weighted by Gasteiger charge is 2.21. The van der Waals surface area contributed by atoms with E-state index >= 15 is 0 Å². The van der Waals surface area contributed by atoms with Gasteiger partial charge in [-0.3, -0.25) is 0 Å². The summed E-state index contributed by atoms with van der Waals surface area (Å²) in [6, 6.07) is 0. The van der Waals surface area contributed by atoms with Gasteiger partial charge in [-0.25, -0.2) is 0 Å². The molecule has 0 bridgehead atoms. The maximum absolute atomic E-state index is 5.75. The van der Waals surface area contributed by atoms with Crippen LogP contribution in [0, 0.1) is 11.3 Å². The Balaban J connectivity index is 2.11. The lowest BCUT2D eigenvalue weighted by atomic mass is 9.88. The van der Waals surface area contributed by atoms with Crippen molar-refractivity contribution >= 4 is 0 Å². The van der Waals surface area contributed by atoms with Crippen LogP contribution in [-0.2, 0) is 0 Å². The molecule has 3 nitrogen and oxygen atoms in total. The van der Waals surface area contributed by atoms with E-state index in [9.17, 15) is 0 Å². The van der Waals surface area contributed by atoms with Crippen molar-refractivity contribution in [1.29, 1.82) is 0 Å². The number of rotatable bonds is 7. The van der Waals surface area contributed by atoms with E-state index in [1.807, 2.05) is 0 Å². The van der Waals surface area contributed by atoms with Gasteiger partial charge in [0.05, 0.1) is 0 Å². The van der Waals surface area contributed by atoms with Crippen LogP contribution in [0.4, 0.5) is 0 Å². The van der Waals surface area contributed by atoms with E-state index in [1.54, 1.807) is 0 Å². The van der Waals surface area contributed by atoms with Gasteiger partial charge in [-0.1, -0.05) is 13.8 Å². The van der Waals surface area contributed by atoms with Crippen LogP contribution in [0.2, 0.25) is 0 Å². The lowest BCUT2D eigenvalue weighted by molar-refractivity contribution is 0.247. The van der Waals surface area contributed by atoms with E-state index < -0.39 is 0 Å². The molecule has 2 N–H and O–H groups in total. The van der Waals surface area contributed by atoms with Crippen LogP contribution in [0.15, 0.2) is 0 Å². The lowest BCUT2D eigenvalue weighted by Gasteiger charge is -2.25. The van der Waals surface area contributed by atoms with E-state index in [0.717, 1.165) is 12.5 Å². The average molecular weight is 241 g/mol. The van der Waals surface area contributed by atoms with E-state index in [-0.39, 0.29) is 0 Å². The maximum atomic E-state index is 5.75. The minimum Gasteiger partial charge on any atom is -0.330 e. The van der Waals surface area contributed by atoms with Gasteiger partial charge in [0.2, 0.25) is 0 Å². The monoisotopic (exact) mass is 241 g/mol. The summed E-state index contributed by atoms with van der Waals surface area (Å²) < 4.78 is 0. The van der Waals surface area contributed by atoms with Gasteiger partial charge < -0.3 is 15.5 Å². The van der Waals surface area contributed by atoms with E-state index in [0.29, 0.717) is 5.41 Å². The second-order valence-corrected chi connectivity index (χ2v) is 6.65. The predicted octanol–water partition coefficient (Wildman–Crippen LogP) is 1.64. The number of hydrogen-bond donors (Lipinski definition) is 1. The average Bonchev–Trinajstić information content (AvgIpc) is 2.63. The van der Waals surface area contributed by atoms with Gasteiger partial charge in [0.1, 0.15) is 0 Å². The molecule has 0 aliphatic carbocycles. The highest BCUT2D eigenvalue weighted by molar-refractivity contribution is 4.76. The molecule has 0 spiro atoms. The molecular formula is C14H31N3. The van der Waals surface area contributed by atoms with Gasteiger partial charge >= 0.3 is 0 Å². The van der Waals surface area contributed by atoms with E-state index in [2.05, 4.69) is 37.7 Å². The maximum Gasteiger partial charge on any atom is 0.00193 e. The fourth-order valence-corrected chi connectivity index (χ4v) is 2.64. The Morgan fingerprint density at radius 3 is 2.65 bits per heavy atom. The second-order valence-electron chi connectivity index (χ2n) is 6.65. The van der Waals surface area contributed by atoms with Crippen molar-refractivity contribution in [2.45, 2.75) is 33.1 Å². The van der Waals surface area contributed by atoms with Crippen molar-refractivity contribution in [2.75, 3.05) is 46.8 Å². The fourth-order valence-electron chi connectivity index (χ4n) is 2.64. The van der Waals surface area contributed by atoms with Crippen LogP contribution < -0.4 is 5.73 Å². The summed E-state index contributed by atoms with van der Waals surface area (Å²) in [5, 5.41) is 0. The lowest BCUT2D eigenvalue weighted by Crippen LogP contribution is -2.30. The summed E-state index contributed by atoms with van der Waals surface area (Å²) in [7, 11) is 4.48. The first-order chi connectivity index (χ1) is 7.93. The summed E-state index contributed by atoms with van der Waals surface area (Å²) in [5.41, 5.74) is 6.07. The molecule has 0 amide bonds. The SMILES string of the molecule is CN(CCCC(C)(C)CN)CC1CCN(C)C1. The Hall–Kier alpha value is -0.120. The van der Waals surface area contributed by atoms with Crippen LogP contribution in [0.25, 0.3) is 0 Å². The van der Waals surface area contributed by atoms with Crippen molar-refractivity contribution in [3.63, 3.8) is 0 Å². The molecule has 1 saturated heterocycles. The van der Waals surface area contributed by atoms with Gasteiger partial charge in [0.25, 0.3) is 0 Å². The van der Waals surface area contributed by atoms with Crippen molar-refractivity contribution in [1.82, 2.24) is 9.80 Å². The molecule has 1 rings (SSSR count). The molecule has 0 saturated carbocycles. The summed E-state index contributed by atoms with van der Waals surface area (Å²) in [6.07, 6.45) is 3.87. The predicted molar refractivity (Wildman–Crippen MR) is 75.2 cm³/mol. The molecule has 0 aromatic heterocycles. The molecule has 1 aliphatic heterocycles. The standard InChI is InChI=1S/C14H31N3/c1-14(2,12-15)7-5-8-16(3)10-13-6-9-17(4)11-13/h13H,5-12,15H2,1-4H3. The third kappa shape index (κ3) is 5.84. The zero-order chi connectivity index (χ0) is 12.9. The van der Waals surface area contributed by atoms with Crippen molar-refractivity contribution in [3.8, 4) is 0 Å². The quantitative estimate of drug-likeness (QED) is 0.735. The number of nitrogens with zero attached hydrogens (tertiary/aromatic N) is 2. The van der Waals surface area contributed by atoms with Crippen molar-refractivity contribution in [3.05, 3.63) is 0 Å². The summed E-state index contributed by atoms with van der Waals surface area (Å²) in [5.74, 6) is 0.882. The van der Waals surface area contributed by atoms with Gasteiger partial charge in [-0.15, -0.1) is 0 Å². The molecule has 0 aromatic rings. The van der Waals surface area contributed by atoms with Crippen LogP contribution in [0.3, 0.4) is 0 Å². The molecule has 0 radical (unpaired) electrons. The Bertz CT molecular complexity index is 216. The molecule has 1 atom stereocenters. The summed E-state index contributed by atoms with van der Waals surface area (Å²) in [4.78, 5) is 4.94. The van der Waals surface area contributed by atoms with Crippen molar-refractivity contribution in [2.24, 2.45) is 17.1 Å². The fraction of sp³-hybridized carbons (Fsp3) is 1.00. The number of hydrogen-bond acceptors (Lipinski definition) is 3. The highest BCUT2D eigenvalue weighted by Crippen LogP contribution is 2.21. The smallest absolute Gasteiger partial charge is 0.00193 e. The third-order valence-corrected chi connectivity index (χ3v) is 4.00. The van der Waals surface area contributed by atoms with E-state index in [1.165, 1.54) is 45.4 Å². The summed E-state index contributed by atoms with van der Waals surface area (Å²) in [6.45, 7) is 10.3. The first-order valence-electron chi connectivity index (χ1n) is 7.00.